The largest absolute Gasteiger partial charge is 0.478 e. The summed E-state index contributed by atoms with van der Waals surface area (Å²) in [5, 5.41) is 9.18. The molecule has 112 valence electrons. The minimum atomic E-state index is -0.854. The molecule has 0 spiro atoms. The maximum absolute atomic E-state index is 11.2. The van der Waals surface area contributed by atoms with Crippen molar-refractivity contribution in [3.8, 4) is 0 Å². The monoisotopic (exact) mass is 306 g/mol. The molecule has 0 radical (unpaired) electrons. The number of carbonyl (C=O) groups is 1. The van der Waals surface area contributed by atoms with Crippen LogP contribution in [0.15, 0.2) is 36.9 Å². The fourth-order valence-corrected chi connectivity index (χ4v) is 3.33. The normalized spacial score (nSPS) is 20.4. The van der Waals surface area contributed by atoms with Crippen LogP contribution in [0.5, 0.6) is 0 Å². The van der Waals surface area contributed by atoms with Crippen LogP contribution < -0.4 is 0 Å². The maximum Gasteiger partial charge on any atom is 0.335 e. The Kier molecular flexibility index (Phi) is 4.68. The molecule has 21 heavy (non-hydrogen) atoms. The Balaban J connectivity index is 0.00000161. The quantitative estimate of drug-likeness (QED) is 0.941. The van der Waals surface area contributed by atoms with Crippen molar-refractivity contribution in [2.75, 3.05) is 0 Å². The van der Waals surface area contributed by atoms with E-state index in [0.717, 1.165) is 19.3 Å². The van der Waals surface area contributed by atoms with Crippen molar-refractivity contribution in [1.82, 2.24) is 9.55 Å². The molecule has 1 aromatic heterocycles. The Morgan fingerprint density at radius 3 is 2.90 bits per heavy atom. The Morgan fingerprint density at radius 1 is 1.48 bits per heavy atom. The number of aromatic carboxylic acids is 1. The highest BCUT2D eigenvalue weighted by Crippen LogP contribution is 2.41. The van der Waals surface area contributed by atoms with Crippen molar-refractivity contribution in [2.24, 2.45) is 0 Å². The van der Waals surface area contributed by atoms with Crippen LogP contribution in [0.25, 0.3) is 0 Å². The topological polar surface area (TPSA) is 55.1 Å². The van der Waals surface area contributed by atoms with E-state index in [1.807, 2.05) is 24.7 Å². The first-order valence-corrected chi connectivity index (χ1v) is 7.04. The average molecular weight is 307 g/mol. The van der Waals surface area contributed by atoms with Crippen LogP contribution in [0.1, 0.15) is 53.2 Å². The summed E-state index contributed by atoms with van der Waals surface area (Å²) in [6.45, 7) is 2.16. The summed E-state index contributed by atoms with van der Waals surface area (Å²) in [6.07, 6.45) is 8.73. The van der Waals surface area contributed by atoms with Crippen LogP contribution in [-0.4, -0.2) is 20.6 Å². The molecule has 0 saturated heterocycles. The highest BCUT2D eigenvalue weighted by Gasteiger charge is 2.29. The summed E-state index contributed by atoms with van der Waals surface area (Å²) in [4.78, 5) is 15.3. The number of aryl methyl sites for hydroxylation is 1. The van der Waals surface area contributed by atoms with Gasteiger partial charge in [0.15, 0.2) is 0 Å². The first-order chi connectivity index (χ1) is 9.70. The lowest BCUT2D eigenvalue weighted by Gasteiger charge is -2.34. The van der Waals surface area contributed by atoms with Crippen LogP contribution in [0.4, 0.5) is 0 Å². The molecule has 2 atom stereocenters. The van der Waals surface area contributed by atoms with Gasteiger partial charge in [0, 0.05) is 24.4 Å². The Bertz CT molecular complexity index is 625. The fraction of sp³-hybridized carbons (Fsp3) is 0.375. The molecule has 0 fully saturated rings. The molecular weight excluding hydrogens is 288 g/mol. The molecule has 0 amide bonds. The van der Waals surface area contributed by atoms with E-state index in [9.17, 15) is 9.90 Å². The number of hydrogen-bond acceptors (Lipinski definition) is 2. The summed E-state index contributed by atoms with van der Waals surface area (Å²) in [6, 6.07) is 5.92. The van der Waals surface area contributed by atoms with Gasteiger partial charge in [0.25, 0.3) is 0 Å². The van der Waals surface area contributed by atoms with Crippen LogP contribution in [0.2, 0.25) is 0 Å². The molecule has 4 nitrogen and oxygen atoms in total. The lowest BCUT2D eigenvalue weighted by molar-refractivity contribution is 0.0696. The standard InChI is InChI=1S/C16H18N2O2.ClH/c1-2-13-14-9-12(16(19)20)4-3-11(14)5-6-15(13)18-8-7-17-10-18;/h3-4,7-10,13,15H,2,5-6H2,1H3,(H,19,20);1H. The number of benzene rings is 1. The van der Waals surface area contributed by atoms with E-state index in [1.54, 1.807) is 12.3 Å². The molecule has 2 aromatic rings. The van der Waals surface area contributed by atoms with Crippen molar-refractivity contribution in [2.45, 2.75) is 38.1 Å². The average Bonchev–Trinajstić information content (AvgIpc) is 2.99. The van der Waals surface area contributed by atoms with Crippen molar-refractivity contribution in [3.63, 3.8) is 0 Å². The summed E-state index contributed by atoms with van der Waals surface area (Å²) in [5.74, 6) is -0.500. The second-order valence-electron chi connectivity index (χ2n) is 5.35. The van der Waals surface area contributed by atoms with Gasteiger partial charge in [0.2, 0.25) is 0 Å². The number of nitrogens with zero attached hydrogens (tertiary/aromatic N) is 2. The van der Waals surface area contributed by atoms with Gasteiger partial charge in [0.1, 0.15) is 0 Å². The summed E-state index contributed by atoms with van der Waals surface area (Å²) >= 11 is 0. The maximum atomic E-state index is 11.2. The molecule has 1 heterocycles. The van der Waals surface area contributed by atoms with Gasteiger partial charge in [-0.3, -0.25) is 0 Å². The smallest absolute Gasteiger partial charge is 0.335 e. The molecule has 1 N–H and O–H groups in total. The molecule has 1 aromatic carbocycles. The summed E-state index contributed by atoms with van der Waals surface area (Å²) < 4.78 is 2.16. The van der Waals surface area contributed by atoms with Gasteiger partial charge in [-0.2, -0.15) is 0 Å². The zero-order chi connectivity index (χ0) is 14.1. The third-order valence-electron chi connectivity index (χ3n) is 4.31. The molecule has 2 unspecified atom stereocenters. The molecule has 0 aliphatic heterocycles. The van der Waals surface area contributed by atoms with Crippen LogP contribution in [0.3, 0.4) is 0 Å². The van der Waals surface area contributed by atoms with Gasteiger partial charge in [-0.05, 0) is 42.5 Å². The minimum absolute atomic E-state index is 0. The molecule has 3 rings (SSSR count). The van der Waals surface area contributed by atoms with Crippen LogP contribution in [-0.2, 0) is 6.42 Å². The Morgan fingerprint density at radius 2 is 2.29 bits per heavy atom. The molecule has 5 heteroatoms. The number of hydrogen-bond donors (Lipinski definition) is 1. The molecular formula is C16H19ClN2O2. The number of fused-ring (bicyclic) bond motifs is 1. The highest BCUT2D eigenvalue weighted by atomic mass is 35.5. The number of carboxylic acids is 1. The van der Waals surface area contributed by atoms with E-state index in [4.69, 9.17) is 0 Å². The second-order valence-corrected chi connectivity index (χ2v) is 5.35. The third-order valence-corrected chi connectivity index (χ3v) is 4.31. The van der Waals surface area contributed by atoms with Gasteiger partial charge in [-0.25, -0.2) is 9.78 Å². The first-order valence-electron chi connectivity index (χ1n) is 7.04. The molecule has 1 aliphatic rings. The van der Waals surface area contributed by atoms with Gasteiger partial charge in [-0.1, -0.05) is 13.0 Å². The molecule has 0 bridgehead atoms. The van der Waals surface area contributed by atoms with Crippen LogP contribution >= 0.6 is 12.4 Å². The predicted molar refractivity (Wildman–Crippen MR) is 83.3 cm³/mol. The van der Waals surface area contributed by atoms with E-state index in [1.165, 1.54) is 11.1 Å². The Labute approximate surface area is 130 Å². The van der Waals surface area contributed by atoms with Crippen molar-refractivity contribution in [1.29, 1.82) is 0 Å². The lowest BCUT2D eigenvalue weighted by Crippen LogP contribution is -2.23. The fourth-order valence-electron chi connectivity index (χ4n) is 3.33. The number of carboxylic acid groups (broad SMARTS) is 1. The van der Waals surface area contributed by atoms with Gasteiger partial charge in [0.05, 0.1) is 11.9 Å². The van der Waals surface area contributed by atoms with E-state index in [0.29, 0.717) is 17.5 Å². The zero-order valence-electron chi connectivity index (χ0n) is 11.9. The summed E-state index contributed by atoms with van der Waals surface area (Å²) in [7, 11) is 0. The van der Waals surface area contributed by atoms with Crippen molar-refractivity contribution in [3.05, 3.63) is 53.6 Å². The van der Waals surface area contributed by atoms with Crippen molar-refractivity contribution >= 4 is 18.4 Å². The lowest BCUT2D eigenvalue weighted by atomic mass is 9.77. The van der Waals surface area contributed by atoms with E-state index >= 15 is 0 Å². The Hall–Kier alpha value is -1.81. The van der Waals surface area contributed by atoms with Crippen molar-refractivity contribution < 1.29 is 9.90 Å². The van der Waals surface area contributed by atoms with Gasteiger partial charge < -0.3 is 9.67 Å². The third kappa shape index (κ3) is 2.81. The number of halogens is 1. The zero-order valence-corrected chi connectivity index (χ0v) is 12.7. The van der Waals surface area contributed by atoms with Gasteiger partial charge in [-0.15, -0.1) is 12.4 Å². The van der Waals surface area contributed by atoms with Crippen LogP contribution in [0, 0.1) is 0 Å². The van der Waals surface area contributed by atoms with E-state index < -0.39 is 5.97 Å². The number of imidazole rings is 1. The van der Waals surface area contributed by atoms with Gasteiger partial charge >= 0.3 is 5.97 Å². The number of rotatable bonds is 3. The second kappa shape index (κ2) is 6.31. The minimum Gasteiger partial charge on any atom is -0.478 e. The molecule has 1 aliphatic carbocycles. The summed E-state index contributed by atoms with van der Waals surface area (Å²) in [5.41, 5.74) is 2.86. The first kappa shape index (κ1) is 15.6. The number of aromatic nitrogens is 2. The SMILES string of the molecule is CCC1c2cc(C(=O)O)ccc2CCC1n1ccnc1.Cl. The molecule has 0 saturated carbocycles. The predicted octanol–water partition coefficient (Wildman–Crippen LogP) is 3.68. The van der Waals surface area contributed by atoms with E-state index in [-0.39, 0.29) is 12.4 Å². The highest BCUT2D eigenvalue weighted by molar-refractivity contribution is 5.88. The van der Waals surface area contributed by atoms with E-state index in [2.05, 4.69) is 16.5 Å².